The van der Waals surface area contributed by atoms with Crippen LogP contribution in [0.4, 0.5) is 0 Å². The van der Waals surface area contributed by atoms with E-state index in [1.165, 1.54) is 0 Å². The van der Waals surface area contributed by atoms with Crippen molar-refractivity contribution in [2.24, 2.45) is 0 Å². The Labute approximate surface area is 71.3 Å². The highest BCUT2D eigenvalue weighted by Crippen LogP contribution is 2.20. The Balaban J connectivity index is 2.60. The lowest BCUT2D eigenvalue weighted by Crippen LogP contribution is -2.47. The molecule has 1 rings (SSSR count). The first-order chi connectivity index (χ1) is 5.58. The fourth-order valence-corrected chi connectivity index (χ4v) is 1.24. The van der Waals surface area contributed by atoms with E-state index in [0.29, 0.717) is 19.4 Å². The average molecular weight is 171 g/mol. The molecule has 0 spiro atoms. The number of carbonyl (C=O) groups is 2. The molecule has 0 bridgehead atoms. The molecule has 1 fully saturated rings. The largest absolute Gasteiger partial charge is 0.464 e. The maximum atomic E-state index is 11.3. The Bertz CT molecular complexity index is 214. The van der Waals surface area contributed by atoms with Crippen molar-refractivity contribution in [3.8, 4) is 0 Å². The summed E-state index contributed by atoms with van der Waals surface area (Å²) in [7, 11) is 0. The Hall–Kier alpha value is -1.06. The number of ether oxygens (including phenoxy) is 1. The first kappa shape index (κ1) is 9.03. The van der Waals surface area contributed by atoms with Crippen LogP contribution in [0.25, 0.3) is 0 Å². The number of amides is 1. The smallest absolute Gasteiger partial charge is 0.331 e. The zero-order valence-corrected chi connectivity index (χ0v) is 7.35. The topological polar surface area (TPSA) is 55.4 Å². The van der Waals surface area contributed by atoms with E-state index in [2.05, 4.69) is 5.32 Å². The van der Waals surface area contributed by atoms with E-state index < -0.39 is 5.54 Å². The molecule has 1 aliphatic heterocycles. The minimum absolute atomic E-state index is 0.0782. The molecule has 0 aromatic carbocycles. The van der Waals surface area contributed by atoms with Gasteiger partial charge in [0.05, 0.1) is 6.61 Å². The number of hydrogen-bond acceptors (Lipinski definition) is 3. The maximum absolute atomic E-state index is 11.3. The molecule has 0 radical (unpaired) electrons. The van der Waals surface area contributed by atoms with Crippen molar-refractivity contribution < 1.29 is 14.3 Å². The third-order valence-electron chi connectivity index (χ3n) is 1.99. The summed E-state index contributed by atoms with van der Waals surface area (Å²) in [5, 5.41) is 2.60. The standard InChI is InChI=1S/C8H13NO3/c1-3-12-7(11)8(2)5-4-6(10)9-8/h3-5H2,1-2H3,(H,9,10)/t8-/m1/s1. The summed E-state index contributed by atoms with van der Waals surface area (Å²) in [6, 6.07) is 0. The molecule has 0 aromatic heterocycles. The van der Waals surface area contributed by atoms with Crippen LogP contribution in [0.15, 0.2) is 0 Å². The SMILES string of the molecule is CCOC(=O)[C@@]1(C)CCC(=O)N1. The van der Waals surface area contributed by atoms with Gasteiger partial charge in [0.2, 0.25) is 5.91 Å². The van der Waals surface area contributed by atoms with Gasteiger partial charge in [0.15, 0.2) is 0 Å². The van der Waals surface area contributed by atoms with Crippen molar-refractivity contribution in [2.45, 2.75) is 32.2 Å². The van der Waals surface area contributed by atoms with Gasteiger partial charge in [-0.05, 0) is 20.3 Å². The summed E-state index contributed by atoms with van der Waals surface area (Å²) in [6.45, 7) is 3.79. The zero-order valence-electron chi connectivity index (χ0n) is 7.35. The van der Waals surface area contributed by atoms with Gasteiger partial charge in [-0.25, -0.2) is 4.79 Å². The third kappa shape index (κ3) is 1.57. The lowest BCUT2D eigenvalue weighted by molar-refractivity contribution is -0.150. The van der Waals surface area contributed by atoms with Gasteiger partial charge >= 0.3 is 5.97 Å². The molecule has 1 atom stereocenters. The number of rotatable bonds is 2. The highest BCUT2D eigenvalue weighted by molar-refractivity contribution is 5.91. The van der Waals surface area contributed by atoms with Crippen molar-refractivity contribution in [1.29, 1.82) is 0 Å². The third-order valence-corrected chi connectivity index (χ3v) is 1.99. The summed E-state index contributed by atoms with van der Waals surface area (Å²) in [6.07, 6.45) is 0.944. The predicted molar refractivity (Wildman–Crippen MR) is 42.4 cm³/mol. The van der Waals surface area contributed by atoms with Crippen LogP contribution in [0.2, 0.25) is 0 Å². The molecule has 4 heteroatoms. The molecule has 1 amide bonds. The molecule has 1 saturated heterocycles. The van der Waals surface area contributed by atoms with E-state index in [1.54, 1.807) is 13.8 Å². The van der Waals surface area contributed by atoms with Gasteiger partial charge in [0.1, 0.15) is 5.54 Å². The number of esters is 1. The fraction of sp³-hybridized carbons (Fsp3) is 0.750. The summed E-state index contributed by atoms with van der Waals surface area (Å²) >= 11 is 0. The molecule has 1 N–H and O–H groups in total. The summed E-state index contributed by atoms with van der Waals surface area (Å²) in [4.78, 5) is 22.1. The van der Waals surface area contributed by atoms with Crippen molar-refractivity contribution in [1.82, 2.24) is 5.32 Å². The molecule has 0 aliphatic carbocycles. The van der Waals surface area contributed by atoms with E-state index in [9.17, 15) is 9.59 Å². The maximum Gasteiger partial charge on any atom is 0.331 e. The van der Waals surface area contributed by atoms with Crippen LogP contribution in [0, 0.1) is 0 Å². The highest BCUT2D eigenvalue weighted by atomic mass is 16.5. The molecule has 0 aromatic rings. The van der Waals surface area contributed by atoms with E-state index in [1.807, 2.05) is 0 Å². The minimum Gasteiger partial charge on any atom is -0.464 e. The molecule has 1 aliphatic rings. The van der Waals surface area contributed by atoms with Crippen LogP contribution in [0.1, 0.15) is 26.7 Å². The lowest BCUT2D eigenvalue weighted by atomic mass is 10.0. The summed E-state index contributed by atoms with van der Waals surface area (Å²) < 4.78 is 4.82. The molecule has 1 heterocycles. The van der Waals surface area contributed by atoms with Crippen molar-refractivity contribution >= 4 is 11.9 Å². The van der Waals surface area contributed by atoms with Gasteiger partial charge in [-0.15, -0.1) is 0 Å². The van der Waals surface area contributed by atoms with E-state index in [-0.39, 0.29) is 11.9 Å². The minimum atomic E-state index is -0.785. The molecular formula is C8H13NO3. The van der Waals surface area contributed by atoms with Gasteiger partial charge in [-0.1, -0.05) is 0 Å². The lowest BCUT2D eigenvalue weighted by Gasteiger charge is -2.20. The molecule has 68 valence electrons. The fourth-order valence-electron chi connectivity index (χ4n) is 1.24. The van der Waals surface area contributed by atoms with Gasteiger partial charge in [-0.3, -0.25) is 4.79 Å². The van der Waals surface area contributed by atoms with Crippen molar-refractivity contribution in [3.63, 3.8) is 0 Å². The quantitative estimate of drug-likeness (QED) is 0.604. The average Bonchev–Trinajstić information content (AvgIpc) is 2.33. The molecule has 0 saturated carbocycles. The first-order valence-electron chi connectivity index (χ1n) is 4.07. The Morgan fingerprint density at radius 3 is 2.83 bits per heavy atom. The molecular weight excluding hydrogens is 158 g/mol. The number of hydrogen-bond donors (Lipinski definition) is 1. The van der Waals surface area contributed by atoms with Crippen LogP contribution < -0.4 is 5.32 Å². The molecule has 4 nitrogen and oxygen atoms in total. The van der Waals surface area contributed by atoms with E-state index in [4.69, 9.17) is 4.74 Å². The number of nitrogens with one attached hydrogen (secondary N) is 1. The second-order valence-corrected chi connectivity index (χ2v) is 3.10. The summed E-state index contributed by atoms with van der Waals surface area (Å²) in [5.74, 6) is -0.415. The van der Waals surface area contributed by atoms with Crippen LogP contribution in [0.5, 0.6) is 0 Å². The van der Waals surface area contributed by atoms with E-state index >= 15 is 0 Å². The van der Waals surface area contributed by atoms with Crippen LogP contribution >= 0.6 is 0 Å². The second kappa shape index (κ2) is 3.13. The molecule has 12 heavy (non-hydrogen) atoms. The normalized spacial score (nSPS) is 28.3. The zero-order chi connectivity index (χ0) is 9.19. The predicted octanol–water partition coefficient (Wildman–Crippen LogP) is 0.218. The Morgan fingerprint density at radius 2 is 2.42 bits per heavy atom. The van der Waals surface area contributed by atoms with Gasteiger partial charge in [0.25, 0.3) is 0 Å². The van der Waals surface area contributed by atoms with Crippen LogP contribution in [-0.4, -0.2) is 24.0 Å². The Morgan fingerprint density at radius 1 is 1.75 bits per heavy atom. The first-order valence-corrected chi connectivity index (χ1v) is 4.07. The van der Waals surface area contributed by atoms with Gasteiger partial charge in [-0.2, -0.15) is 0 Å². The van der Waals surface area contributed by atoms with Crippen LogP contribution in [-0.2, 0) is 14.3 Å². The van der Waals surface area contributed by atoms with Crippen molar-refractivity contribution in [2.75, 3.05) is 6.61 Å². The van der Waals surface area contributed by atoms with Crippen molar-refractivity contribution in [3.05, 3.63) is 0 Å². The van der Waals surface area contributed by atoms with Gasteiger partial charge in [0, 0.05) is 6.42 Å². The Kier molecular flexibility index (Phi) is 2.35. The van der Waals surface area contributed by atoms with Crippen LogP contribution in [0.3, 0.4) is 0 Å². The monoisotopic (exact) mass is 171 g/mol. The van der Waals surface area contributed by atoms with E-state index in [0.717, 1.165) is 0 Å². The summed E-state index contributed by atoms with van der Waals surface area (Å²) in [5.41, 5.74) is -0.785. The molecule has 0 unspecified atom stereocenters. The second-order valence-electron chi connectivity index (χ2n) is 3.10. The van der Waals surface area contributed by atoms with Gasteiger partial charge < -0.3 is 10.1 Å². The number of carbonyl (C=O) groups excluding carboxylic acids is 2. The highest BCUT2D eigenvalue weighted by Gasteiger charge is 2.41.